The number of allylic oxidation sites excluding steroid dienone is 13. The first-order valence-electron chi connectivity index (χ1n) is 9.59. The van der Waals surface area contributed by atoms with Crippen molar-refractivity contribution in [2.24, 2.45) is 0 Å². The van der Waals surface area contributed by atoms with Gasteiger partial charge in [-0.1, -0.05) is 79.0 Å². The third-order valence-corrected chi connectivity index (χ3v) is 4.87. The number of hydrogen-bond acceptors (Lipinski definition) is 2. The number of nitrogens with zero attached hydrogens (tertiary/aromatic N) is 2. The van der Waals surface area contributed by atoms with E-state index in [0.29, 0.717) is 5.22 Å². The maximum atomic E-state index is 13.5. The zero-order valence-corrected chi connectivity index (χ0v) is 16.5. The molecule has 1 heterocycles. The van der Waals surface area contributed by atoms with Crippen LogP contribution >= 0.6 is 0 Å². The van der Waals surface area contributed by atoms with Crippen molar-refractivity contribution in [3.63, 3.8) is 0 Å². The molecule has 1 aromatic heterocycles. The number of fused-ring (bicyclic) bond motifs is 1. The lowest BCUT2D eigenvalue weighted by molar-refractivity contribution is 0.608. The zero-order chi connectivity index (χ0) is 19.9. The summed E-state index contributed by atoms with van der Waals surface area (Å²) in [6, 6.07) is -0.257. The van der Waals surface area contributed by atoms with E-state index in [4.69, 9.17) is 0 Å². The summed E-state index contributed by atoms with van der Waals surface area (Å²) in [6.45, 7) is 7.98. The molecular weight excluding hydrogens is 344 g/mol. The Bertz CT molecular complexity index is 1120. The van der Waals surface area contributed by atoms with Gasteiger partial charge in [-0.15, -0.1) is 0 Å². The van der Waals surface area contributed by atoms with E-state index in [0.717, 1.165) is 34.9 Å². The van der Waals surface area contributed by atoms with Crippen LogP contribution in [0.25, 0.3) is 12.2 Å². The fourth-order valence-electron chi connectivity index (χ4n) is 3.45. The van der Waals surface area contributed by atoms with Crippen molar-refractivity contribution in [3.8, 4) is 0 Å². The second-order valence-electron chi connectivity index (χ2n) is 6.85. The molecule has 0 fully saturated rings. The van der Waals surface area contributed by atoms with Gasteiger partial charge in [-0.2, -0.15) is 0 Å². The van der Waals surface area contributed by atoms with Crippen LogP contribution in [0.2, 0.25) is 0 Å². The first kappa shape index (κ1) is 19.6. The van der Waals surface area contributed by atoms with Gasteiger partial charge in [-0.25, -0.2) is 4.98 Å². The van der Waals surface area contributed by atoms with Crippen LogP contribution in [0.15, 0.2) is 95.2 Å². The molecular formula is C25H26N2O. The lowest BCUT2D eigenvalue weighted by atomic mass is 9.94. The van der Waals surface area contributed by atoms with Gasteiger partial charge in [0, 0.05) is 0 Å². The standard InChI is InChI=1S/C25H26N2O/c1-4-6-13-20(5-2)24(21-14-9-7-8-10-15-21)27-18-26-23-16-11-12-19(3)17-22(23)25(27)28/h4-10,12-14,16-18,24H,2,11,15H2,1,3H3/b6-4-,20-13+. The molecule has 3 nitrogen and oxygen atoms in total. The van der Waals surface area contributed by atoms with Gasteiger partial charge in [0.1, 0.15) is 0 Å². The molecule has 0 spiro atoms. The molecule has 0 radical (unpaired) electrons. The molecule has 1 unspecified atom stereocenters. The van der Waals surface area contributed by atoms with Gasteiger partial charge in [0.05, 0.1) is 22.9 Å². The van der Waals surface area contributed by atoms with Crippen molar-refractivity contribution >= 4 is 12.2 Å². The normalized spacial score (nSPS) is 17.6. The van der Waals surface area contributed by atoms with Crippen LogP contribution < -0.4 is 16.1 Å². The number of aromatic nitrogens is 2. The van der Waals surface area contributed by atoms with E-state index in [1.807, 2.05) is 68.5 Å². The van der Waals surface area contributed by atoms with E-state index in [1.165, 1.54) is 0 Å². The Morgan fingerprint density at radius 2 is 2.14 bits per heavy atom. The highest BCUT2D eigenvalue weighted by Gasteiger charge is 2.21. The quantitative estimate of drug-likeness (QED) is 0.739. The third kappa shape index (κ3) is 4.20. The molecule has 1 atom stereocenters. The lowest BCUT2D eigenvalue weighted by Crippen LogP contribution is -2.47. The van der Waals surface area contributed by atoms with Gasteiger partial charge in [0.15, 0.2) is 0 Å². The highest BCUT2D eigenvalue weighted by molar-refractivity contribution is 5.49. The number of hydrogen-bond donors (Lipinski definition) is 0. The highest BCUT2D eigenvalue weighted by Crippen LogP contribution is 2.29. The monoisotopic (exact) mass is 370 g/mol. The van der Waals surface area contributed by atoms with E-state index < -0.39 is 0 Å². The van der Waals surface area contributed by atoms with E-state index in [-0.39, 0.29) is 11.6 Å². The molecule has 2 aliphatic carbocycles. The summed E-state index contributed by atoms with van der Waals surface area (Å²) in [7, 11) is 0. The van der Waals surface area contributed by atoms with Crippen molar-refractivity contribution in [1.29, 1.82) is 0 Å². The Balaban J connectivity index is 2.28. The maximum Gasteiger partial charge on any atom is 0.262 e. The predicted molar refractivity (Wildman–Crippen MR) is 118 cm³/mol. The Hall–Kier alpha value is -3.20. The van der Waals surface area contributed by atoms with Crippen LogP contribution in [0.5, 0.6) is 0 Å². The average molecular weight is 370 g/mol. The Morgan fingerprint density at radius 3 is 2.93 bits per heavy atom. The summed E-state index contributed by atoms with van der Waals surface area (Å²) < 4.78 is 1.73. The predicted octanol–water partition coefficient (Wildman–Crippen LogP) is 3.83. The van der Waals surface area contributed by atoms with Crippen molar-refractivity contribution in [3.05, 3.63) is 111 Å². The molecule has 0 bridgehead atoms. The molecule has 3 heteroatoms. The summed E-state index contributed by atoms with van der Waals surface area (Å²) >= 11 is 0. The minimum Gasteiger partial charge on any atom is -0.287 e. The molecule has 0 N–H and O–H groups in total. The largest absolute Gasteiger partial charge is 0.287 e. The second kappa shape index (κ2) is 9.14. The smallest absolute Gasteiger partial charge is 0.262 e. The summed E-state index contributed by atoms with van der Waals surface area (Å²) in [6.07, 6.45) is 27.3. The van der Waals surface area contributed by atoms with Crippen LogP contribution in [-0.4, -0.2) is 9.55 Å². The van der Waals surface area contributed by atoms with Crippen molar-refractivity contribution in [2.45, 2.75) is 32.7 Å². The summed E-state index contributed by atoms with van der Waals surface area (Å²) in [5.41, 5.74) is 3.12. The molecule has 0 saturated carbocycles. The topological polar surface area (TPSA) is 34.9 Å². The first-order valence-corrected chi connectivity index (χ1v) is 9.59. The molecule has 0 amide bonds. The fourth-order valence-corrected chi connectivity index (χ4v) is 3.45. The Kier molecular flexibility index (Phi) is 6.38. The maximum absolute atomic E-state index is 13.5. The van der Waals surface area contributed by atoms with Crippen LogP contribution in [0.1, 0.15) is 32.7 Å². The average Bonchev–Trinajstić information content (AvgIpc) is 3.07. The van der Waals surface area contributed by atoms with Crippen LogP contribution in [0, 0.1) is 0 Å². The van der Waals surface area contributed by atoms with E-state index in [9.17, 15) is 4.79 Å². The molecule has 0 saturated heterocycles. The summed E-state index contributed by atoms with van der Waals surface area (Å²) in [5, 5.41) is 1.40. The molecule has 28 heavy (non-hydrogen) atoms. The Labute approximate surface area is 166 Å². The van der Waals surface area contributed by atoms with Gasteiger partial charge in [0.25, 0.3) is 5.56 Å². The summed E-state index contributed by atoms with van der Waals surface area (Å²) in [5.74, 6) is 0. The first-order chi connectivity index (χ1) is 13.7. The fraction of sp³-hybridized carbons (Fsp3) is 0.200. The molecule has 2 aliphatic rings. The highest BCUT2D eigenvalue weighted by atomic mass is 16.1. The van der Waals surface area contributed by atoms with Crippen LogP contribution in [0.4, 0.5) is 0 Å². The van der Waals surface area contributed by atoms with Crippen LogP contribution in [0.3, 0.4) is 0 Å². The van der Waals surface area contributed by atoms with Crippen molar-refractivity contribution in [1.82, 2.24) is 9.55 Å². The zero-order valence-electron chi connectivity index (χ0n) is 16.5. The van der Waals surface area contributed by atoms with E-state index >= 15 is 0 Å². The molecule has 0 aliphatic heterocycles. The molecule has 1 aromatic rings. The second-order valence-corrected chi connectivity index (χ2v) is 6.85. The van der Waals surface area contributed by atoms with Crippen molar-refractivity contribution in [2.75, 3.05) is 0 Å². The Morgan fingerprint density at radius 1 is 1.29 bits per heavy atom. The van der Waals surface area contributed by atoms with E-state index in [2.05, 4.69) is 29.8 Å². The molecule has 0 aromatic carbocycles. The minimum absolute atomic E-state index is 0.0350. The van der Waals surface area contributed by atoms with Gasteiger partial charge >= 0.3 is 0 Å². The van der Waals surface area contributed by atoms with Crippen molar-refractivity contribution < 1.29 is 0 Å². The number of rotatable bonds is 5. The third-order valence-electron chi connectivity index (χ3n) is 4.87. The molecule has 3 rings (SSSR count). The van der Waals surface area contributed by atoms with E-state index in [1.54, 1.807) is 10.9 Å². The molecule has 142 valence electrons. The summed E-state index contributed by atoms with van der Waals surface area (Å²) in [4.78, 5) is 18.1. The van der Waals surface area contributed by atoms with Gasteiger partial charge in [0.2, 0.25) is 0 Å². The van der Waals surface area contributed by atoms with Gasteiger partial charge in [-0.05, 0) is 43.9 Å². The minimum atomic E-state index is -0.257. The van der Waals surface area contributed by atoms with Crippen LogP contribution in [-0.2, 0) is 0 Å². The van der Waals surface area contributed by atoms with Gasteiger partial charge in [-0.3, -0.25) is 9.36 Å². The SMILES string of the molecule is C=C/C(=C\C=C/C)C(C1=CC=CC=CC1)n1cnc2c(c1=O)=CC(C)=CCC=2. The lowest BCUT2D eigenvalue weighted by Gasteiger charge is -2.23. The van der Waals surface area contributed by atoms with Gasteiger partial charge < -0.3 is 0 Å².